The number of carbonyl (C=O) groups excluding carboxylic acids is 1. The van der Waals surface area contributed by atoms with Crippen LogP contribution in [-0.4, -0.2) is 37.6 Å². The van der Waals surface area contributed by atoms with E-state index in [1.54, 1.807) is 14.2 Å². The Kier molecular flexibility index (Phi) is 5.53. The van der Waals surface area contributed by atoms with Crippen LogP contribution in [0.3, 0.4) is 0 Å². The number of rotatable bonds is 6. The SMILES string of the molecule is COc1ccc(CNC(=O)[C@H]2C[C@@H](c3ccccc3)N3CCC[C@H]23)cc1OC. The summed E-state index contributed by atoms with van der Waals surface area (Å²) in [5.41, 5.74) is 2.33. The number of hydrogen-bond acceptors (Lipinski definition) is 4. The van der Waals surface area contributed by atoms with Crippen molar-refractivity contribution in [3.63, 3.8) is 0 Å². The highest BCUT2D eigenvalue weighted by atomic mass is 16.5. The molecule has 148 valence electrons. The van der Waals surface area contributed by atoms with Gasteiger partial charge in [0.25, 0.3) is 0 Å². The molecule has 3 atom stereocenters. The minimum absolute atomic E-state index is 0.0489. The zero-order valence-corrected chi connectivity index (χ0v) is 16.6. The molecule has 2 saturated heterocycles. The van der Waals surface area contributed by atoms with Gasteiger partial charge in [0.05, 0.1) is 20.1 Å². The van der Waals surface area contributed by atoms with E-state index in [1.807, 2.05) is 24.3 Å². The van der Waals surface area contributed by atoms with Crippen LogP contribution in [0.4, 0.5) is 0 Å². The summed E-state index contributed by atoms with van der Waals surface area (Å²) in [6, 6.07) is 17.1. The molecule has 2 fully saturated rings. The lowest BCUT2D eigenvalue weighted by Gasteiger charge is -2.24. The molecule has 0 aliphatic carbocycles. The van der Waals surface area contributed by atoms with Crippen molar-refractivity contribution in [2.75, 3.05) is 20.8 Å². The van der Waals surface area contributed by atoms with Crippen LogP contribution >= 0.6 is 0 Å². The van der Waals surface area contributed by atoms with Crippen LogP contribution in [0.5, 0.6) is 11.5 Å². The van der Waals surface area contributed by atoms with E-state index in [0.717, 1.165) is 24.9 Å². The maximum atomic E-state index is 13.0. The highest BCUT2D eigenvalue weighted by Gasteiger charge is 2.46. The Labute approximate surface area is 166 Å². The van der Waals surface area contributed by atoms with Crippen molar-refractivity contribution < 1.29 is 14.3 Å². The average molecular weight is 380 g/mol. The van der Waals surface area contributed by atoms with Crippen molar-refractivity contribution >= 4 is 5.91 Å². The zero-order chi connectivity index (χ0) is 19.5. The Bertz CT molecular complexity index is 824. The average Bonchev–Trinajstić information content (AvgIpc) is 3.35. The minimum Gasteiger partial charge on any atom is -0.493 e. The van der Waals surface area contributed by atoms with Gasteiger partial charge in [-0.3, -0.25) is 9.69 Å². The van der Waals surface area contributed by atoms with Gasteiger partial charge in [0, 0.05) is 18.6 Å². The van der Waals surface area contributed by atoms with Crippen LogP contribution in [0.15, 0.2) is 48.5 Å². The molecule has 2 aromatic rings. The monoisotopic (exact) mass is 380 g/mol. The van der Waals surface area contributed by atoms with Gasteiger partial charge in [-0.05, 0) is 49.1 Å². The Morgan fingerprint density at radius 3 is 2.64 bits per heavy atom. The lowest BCUT2D eigenvalue weighted by Crippen LogP contribution is -2.37. The van der Waals surface area contributed by atoms with E-state index in [9.17, 15) is 4.79 Å². The third-order valence-electron chi connectivity index (χ3n) is 6.12. The molecule has 4 rings (SSSR count). The Morgan fingerprint density at radius 1 is 1.11 bits per heavy atom. The third kappa shape index (κ3) is 3.59. The van der Waals surface area contributed by atoms with Crippen molar-refractivity contribution in [1.29, 1.82) is 0 Å². The van der Waals surface area contributed by atoms with Crippen LogP contribution in [0.1, 0.15) is 36.4 Å². The Morgan fingerprint density at radius 2 is 1.89 bits per heavy atom. The molecule has 0 spiro atoms. The summed E-state index contributed by atoms with van der Waals surface area (Å²) in [5, 5.41) is 3.15. The second kappa shape index (κ2) is 8.23. The molecular formula is C23H28N2O3. The molecule has 5 nitrogen and oxygen atoms in total. The molecule has 0 unspecified atom stereocenters. The summed E-state index contributed by atoms with van der Waals surface area (Å²) < 4.78 is 10.6. The highest BCUT2D eigenvalue weighted by molar-refractivity contribution is 5.80. The molecule has 0 aromatic heterocycles. The van der Waals surface area contributed by atoms with Gasteiger partial charge in [0.2, 0.25) is 5.91 Å². The van der Waals surface area contributed by atoms with Crippen molar-refractivity contribution in [3.8, 4) is 11.5 Å². The van der Waals surface area contributed by atoms with Gasteiger partial charge >= 0.3 is 0 Å². The highest BCUT2D eigenvalue weighted by Crippen LogP contribution is 2.44. The van der Waals surface area contributed by atoms with E-state index in [1.165, 1.54) is 12.0 Å². The van der Waals surface area contributed by atoms with Crippen LogP contribution < -0.4 is 14.8 Å². The van der Waals surface area contributed by atoms with E-state index in [0.29, 0.717) is 30.1 Å². The molecular weight excluding hydrogens is 352 g/mol. The van der Waals surface area contributed by atoms with Crippen LogP contribution in [0.25, 0.3) is 0 Å². The van der Waals surface area contributed by atoms with E-state index < -0.39 is 0 Å². The first-order valence-corrected chi connectivity index (χ1v) is 10.0. The predicted molar refractivity (Wildman–Crippen MR) is 108 cm³/mol. The summed E-state index contributed by atoms with van der Waals surface area (Å²) in [7, 11) is 3.24. The quantitative estimate of drug-likeness (QED) is 0.833. The fourth-order valence-corrected chi connectivity index (χ4v) is 4.76. The van der Waals surface area contributed by atoms with Crippen LogP contribution in [0, 0.1) is 5.92 Å². The Hall–Kier alpha value is -2.53. The topological polar surface area (TPSA) is 50.8 Å². The van der Waals surface area contributed by atoms with Crippen molar-refractivity contribution in [1.82, 2.24) is 10.2 Å². The van der Waals surface area contributed by atoms with E-state index in [2.05, 4.69) is 34.5 Å². The molecule has 2 aromatic carbocycles. The predicted octanol–water partition coefficient (Wildman–Crippen LogP) is 3.55. The molecule has 0 radical (unpaired) electrons. The molecule has 2 aliphatic heterocycles. The smallest absolute Gasteiger partial charge is 0.225 e. The molecule has 0 saturated carbocycles. The molecule has 2 heterocycles. The number of hydrogen-bond donors (Lipinski definition) is 1. The number of fused-ring (bicyclic) bond motifs is 1. The summed E-state index contributed by atoms with van der Waals surface area (Å²) >= 11 is 0. The van der Waals surface area contributed by atoms with Gasteiger partial charge in [0.15, 0.2) is 11.5 Å². The fourth-order valence-electron chi connectivity index (χ4n) is 4.76. The number of ether oxygens (including phenoxy) is 2. The van der Waals surface area contributed by atoms with Gasteiger partial charge < -0.3 is 14.8 Å². The zero-order valence-electron chi connectivity index (χ0n) is 16.6. The maximum absolute atomic E-state index is 13.0. The van der Waals surface area contributed by atoms with E-state index >= 15 is 0 Å². The molecule has 0 bridgehead atoms. The minimum atomic E-state index is 0.0489. The summed E-state index contributed by atoms with van der Waals surface area (Å²) in [6.07, 6.45) is 3.18. The van der Waals surface area contributed by atoms with Crippen molar-refractivity contribution in [3.05, 3.63) is 59.7 Å². The number of benzene rings is 2. The number of nitrogens with zero attached hydrogens (tertiary/aromatic N) is 1. The molecule has 1 N–H and O–H groups in total. The molecule has 1 amide bonds. The summed E-state index contributed by atoms with van der Waals surface area (Å²) in [6.45, 7) is 1.59. The molecule has 28 heavy (non-hydrogen) atoms. The van der Waals surface area contributed by atoms with Gasteiger partial charge in [-0.15, -0.1) is 0 Å². The van der Waals surface area contributed by atoms with Crippen LogP contribution in [0.2, 0.25) is 0 Å². The third-order valence-corrected chi connectivity index (χ3v) is 6.12. The lowest BCUT2D eigenvalue weighted by molar-refractivity contribution is -0.125. The first-order chi connectivity index (χ1) is 13.7. The van der Waals surface area contributed by atoms with Gasteiger partial charge in [-0.2, -0.15) is 0 Å². The van der Waals surface area contributed by atoms with E-state index in [-0.39, 0.29) is 11.8 Å². The molecule has 2 aliphatic rings. The Balaban J connectivity index is 1.43. The van der Waals surface area contributed by atoms with E-state index in [4.69, 9.17) is 9.47 Å². The lowest BCUT2D eigenvalue weighted by atomic mass is 9.93. The first-order valence-electron chi connectivity index (χ1n) is 10.0. The summed E-state index contributed by atoms with van der Waals surface area (Å²) in [5.74, 6) is 1.58. The van der Waals surface area contributed by atoms with Crippen LogP contribution in [-0.2, 0) is 11.3 Å². The number of nitrogens with one attached hydrogen (secondary N) is 1. The van der Waals surface area contributed by atoms with Crippen molar-refractivity contribution in [2.24, 2.45) is 5.92 Å². The second-order valence-corrected chi connectivity index (χ2v) is 7.62. The number of amides is 1. The number of methoxy groups -OCH3 is 2. The standard InChI is InChI=1S/C23H28N2O3/c1-27-21-11-10-16(13-22(21)28-2)15-24-23(26)18-14-20(17-7-4-3-5-8-17)25-12-6-9-19(18)25/h3-5,7-8,10-11,13,18-20H,6,9,12,14-15H2,1-2H3,(H,24,26)/t18-,19+,20-/m0/s1. The summed E-state index contributed by atoms with van der Waals surface area (Å²) in [4.78, 5) is 15.6. The van der Waals surface area contributed by atoms with Gasteiger partial charge in [0.1, 0.15) is 0 Å². The number of carbonyl (C=O) groups is 1. The maximum Gasteiger partial charge on any atom is 0.225 e. The normalized spacial score (nSPS) is 24.0. The van der Waals surface area contributed by atoms with Gasteiger partial charge in [-0.25, -0.2) is 0 Å². The second-order valence-electron chi connectivity index (χ2n) is 7.62. The largest absolute Gasteiger partial charge is 0.493 e. The molecule has 5 heteroatoms. The van der Waals surface area contributed by atoms with Crippen molar-refractivity contribution in [2.45, 2.75) is 37.9 Å². The van der Waals surface area contributed by atoms with Gasteiger partial charge in [-0.1, -0.05) is 36.4 Å². The fraction of sp³-hybridized carbons (Fsp3) is 0.435. The first kappa shape index (κ1) is 18.8.